The molecule has 6 heteroatoms. The number of aromatic nitrogens is 1. The van der Waals surface area contributed by atoms with Gasteiger partial charge in [-0.1, -0.05) is 17.7 Å². The zero-order valence-corrected chi connectivity index (χ0v) is 16.7. The average molecular weight is 384 g/mol. The molecule has 1 aromatic heterocycles. The minimum atomic E-state index is 0.794. The summed E-state index contributed by atoms with van der Waals surface area (Å²) < 4.78 is 5.50. The Kier molecular flexibility index (Phi) is 6.30. The molecule has 1 heterocycles. The molecule has 0 unspecified atom stereocenters. The van der Waals surface area contributed by atoms with Crippen molar-refractivity contribution in [1.82, 2.24) is 4.98 Å². The van der Waals surface area contributed by atoms with Crippen LogP contribution in [0.3, 0.4) is 0 Å². The Labute approximate surface area is 162 Å². The van der Waals surface area contributed by atoms with Gasteiger partial charge in [-0.2, -0.15) is 5.10 Å². The number of hydrazone groups is 1. The van der Waals surface area contributed by atoms with Gasteiger partial charge >= 0.3 is 0 Å². The van der Waals surface area contributed by atoms with Crippen LogP contribution < -0.4 is 10.2 Å². The molecule has 134 valence electrons. The lowest BCUT2D eigenvalue weighted by molar-refractivity contribution is 0.411. The fourth-order valence-corrected chi connectivity index (χ4v) is 3.87. The largest absolute Gasteiger partial charge is 0.496 e. The maximum Gasteiger partial charge on any atom is 0.203 e. The molecule has 0 atom stereocenters. The first kappa shape index (κ1) is 18.5. The van der Waals surface area contributed by atoms with E-state index in [2.05, 4.69) is 52.8 Å². The maximum atomic E-state index is 5.50. The number of nitrogens with zero attached hydrogens (tertiary/aromatic N) is 2. The molecule has 0 spiro atoms. The van der Waals surface area contributed by atoms with Gasteiger partial charge in [0.05, 0.1) is 19.0 Å². The maximum absolute atomic E-state index is 5.50. The highest BCUT2D eigenvalue weighted by Gasteiger charge is 2.05. The summed E-state index contributed by atoms with van der Waals surface area (Å²) in [6.45, 7) is 4.06. The highest BCUT2D eigenvalue weighted by Crippen LogP contribution is 2.28. The molecule has 0 saturated carbocycles. The van der Waals surface area contributed by atoms with E-state index in [1.807, 2.05) is 24.4 Å². The van der Waals surface area contributed by atoms with Gasteiger partial charge in [-0.05, 0) is 49.7 Å². The van der Waals surface area contributed by atoms with Crippen molar-refractivity contribution in [2.24, 2.45) is 5.10 Å². The van der Waals surface area contributed by atoms with Crippen LogP contribution in [0.5, 0.6) is 5.75 Å². The second kappa shape index (κ2) is 8.87. The lowest BCUT2D eigenvalue weighted by atomic mass is 10.1. The van der Waals surface area contributed by atoms with E-state index in [4.69, 9.17) is 4.74 Å². The Hall–Kier alpha value is -2.31. The van der Waals surface area contributed by atoms with Crippen molar-refractivity contribution in [2.45, 2.75) is 24.5 Å². The zero-order valence-electron chi connectivity index (χ0n) is 15.0. The number of methoxy groups -OCH3 is 1. The Morgan fingerprint density at radius 2 is 2.00 bits per heavy atom. The smallest absolute Gasteiger partial charge is 0.203 e. The number of thiazole rings is 1. The molecule has 1 N–H and O–H groups in total. The third-order valence-corrected chi connectivity index (χ3v) is 5.64. The highest BCUT2D eigenvalue weighted by atomic mass is 32.2. The normalized spacial score (nSPS) is 11.0. The molecule has 0 radical (unpaired) electrons. The molecular weight excluding hydrogens is 362 g/mol. The van der Waals surface area contributed by atoms with E-state index in [1.165, 1.54) is 10.5 Å². The number of hydrogen-bond donors (Lipinski definition) is 1. The summed E-state index contributed by atoms with van der Waals surface area (Å²) >= 11 is 3.34. The third kappa shape index (κ3) is 5.09. The van der Waals surface area contributed by atoms with Crippen LogP contribution in [0.2, 0.25) is 0 Å². The van der Waals surface area contributed by atoms with Crippen molar-refractivity contribution in [3.05, 3.63) is 70.2 Å². The van der Waals surface area contributed by atoms with Gasteiger partial charge < -0.3 is 4.74 Å². The number of anilines is 1. The molecule has 26 heavy (non-hydrogen) atoms. The molecule has 0 amide bonds. The third-order valence-electron chi connectivity index (χ3n) is 3.71. The van der Waals surface area contributed by atoms with E-state index in [-0.39, 0.29) is 0 Å². The van der Waals surface area contributed by atoms with Gasteiger partial charge in [0.1, 0.15) is 5.75 Å². The summed E-state index contributed by atoms with van der Waals surface area (Å²) in [5, 5.41) is 7.06. The minimum Gasteiger partial charge on any atom is -0.496 e. The molecule has 0 aliphatic carbocycles. The van der Waals surface area contributed by atoms with Crippen LogP contribution in [0.4, 0.5) is 5.13 Å². The first-order chi connectivity index (χ1) is 12.6. The van der Waals surface area contributed by atoms with Gasteiger partial charge in [-0.25, -0.2) is 4.98 Å². The van der Waals surface area contributed by atoms with Crippen LogP contribution >= 0.6 is 23.1 Å². The van der Waals surface area contributed by atoms with E-state index in [1.54, 1.807) is 36.4 Å². The Bertz CT molecular complexity index is 888. The predicted molar refractivity (Wildman–Crippen MR) is 112 cm³/mol. The van der Waals surface area contributed by atoms with E-state index in [0.29, 0.717) is 0 Å². The van der Waals surface area contributed by atoms with Crippen LogP contribution in [-0.4, -0.2) is 18.3 Å². The van der Waals surface area contributed by atoms with Gasteiger partial charge in [-0.15, -0.1) is 23.1 Å². The lowest BCUT2D eigenvalue weighted by Crippen LogP contribution is -1.94. The van der Waals surface area contributed by atoms with Crippen molar-refractivity contribution >= 4 is 34.4 Å². The van der Waals surface area contributed by atoms with Gasteiger partial charge in [0.25, 0.3) is 0 Å². The SMILES string of the molecule is COc1ccc(C=NNc2nc(C)cs2)cc1CSc1ccc(C)cc1. The number of aryl methyl sites for hydroxylation is 2. The number of ether oxygens (including phenoxy) is 1. The summed E-state index contributed by atoms with van der Waals surface area (Å²) in [6.07, 6.45) is 1.80. The molecular formula is C20H21N3OS2. The summed E-state index contributed by atoms with van der Waals surface area (Å²) in [5.74, 6) is 1.73. The van der Waals surface area contributed by atoms with Crippen LogP contribution in [0, 0.1) is 13.8 Å². The summed E-state index contributed by atoms with van der Waals surface area (Å²) in [5.41, 5.74) is 7.40. The van der Waals surface area contributed by atoms with Gasteiger partial charge in [0.15, 0.2) is 0 Å². The van der Waals surface area contributed by atoms with Crippen molar-refractivity contribution in [2.75, 3.05) is 12.5 Å². The number of rotatable bonds is 7. The van der Waals surface area contributed by atoms with Crippen molar-refractivity contribution in [3.63, 3.8) is 0 Å². The summed E-state index contributed by atoms with van der Waals surface area (Å²) in [7, 11) is 1.70. The fourth-order valence-electron chi connectivity index (χ4n) is 2.35. The van der Waals surface area contributed by atoms with Gasteiger partial charge in [-0.3, -0.25) is 5.43 Å². The number of nitrogens with one attached hydrogen (secondary N) is 1. The predicted octanol–water partition coefficient (Wildman–Crippen LogP) is 5.51. The first-order valence-electron chi connectivity index (χ1n) is 8.21. The molecule has 3 rings (SSSR count). The molecule has 2 aromatic carbocycles. The number of thioether (sulfide) groups is 1. The van der Waals surface area contributed by atoms with E-state index >= 15 is 0 Å². The Morgan fingerprint density at radius 3 is 2.69 bits per heavy atom. The van der Waals surface area contributed by atoms with E-state index in [9.17, 15) is 0 Å². The topological polar surface area (TPSA) is 46.5 Å². The van der Waals surface area contributed by atoms with Crippen LogP contribution in [-0.2, 0) is 5.75 Å². The monoisotopic (exact) mass is 383 g/mol. The average Bonchev–Trinajstić information content (AvgIpc) is 3.06. The number of benzene rings is 2. The standard InChI is InChI=1S/C20H21N3OS2/c1-14-4-7-18(8-5-14)25-13-17-10-16(6-9-19(17)24-3)11-21-23-20-22-15(2)12-26-20/h4-12H,13H2,1-3H3,(H,22,23). The van der Waals surface area contributed by atoms with Crippen LogP contribution in [0.15, 0.2) is 57.8 Å². The molecule has 0 saturated heterocycles. The Morgan fingerprint density at radius 1 is 1.19 bits per heavy atom. The minimum absolute atomic E-state index is 0.794. The molecule has 0 aliphatic rings. The fraction of sp³-hybridized carbons (Fsp3) is 0.200. The van der Waals surface area contributed by atoms with Crippen molar-refractivity contribution in [3.8, 4) is 5.75 Å². The zero-order chi connectivity index (χ0) is 18.4. The highest BCUT2D eigenvalue weighted by molar-refractivity contribution is 7.98. The molecule has 0 fully saturated rings. The van der Waals surface area contributed by atoms with Crippen LogP contribution in [0.1, 0.15) is 22.4 Å². The molecule has 4 nitrogen and oxygen atoms in total. The Balaban J connectivity index is 1.68. The quantitative estimate of drug-likeness (QED) is 0.332. The first-order valence-corrected chi connectivity index (χ1v) is 10.1. The van der Waals surface area contributed by atoms with Gasteiger partial charge in [0.2, 0.25) is 5.13 Å². The second-order valence-electron chi connectivity index (χ2n) is 5.84. The molecule has 0 aliphatic heterocycles. The van der Waals surface area contributed by atoms with Crippen molar-refractivity contribution < 1.29 is 4.74 Å². The number of hydrogen-bond acceptors (Lipinski definition) is 6. The van der Waals surface area contributed by atoms with E-state index < -0.39 is 0 Å². The molecule has 3 aromatic rings. The summed E-state index contributed by atoms with van der Waals surface area (Å²) in [4.78, 5) is 5.57. The van der Waals surface area contributed by atoms with Gasteiger partial charge in [0, 0.05) is 21.6 Å². The summed E-state index contributed by atoms with van der Waals surface area (Å²) in [6, 6.07) is 14.7. The van der Waals surface area contributed by atoms with Crippen molar-refractivity contribution in [1.29, 1.82) is 0 Å². The van der Waals surface area contributed by atoms with Crippen LogP contribution in [0.25, 0.3) is 0 Å². The second-order valence-corrected chi connectivity index (χ2v) is 7.74. The lowest BCUT2D eigenvalue weighted by Gasteiger charge is -2.09. The molecule has 0 bridgehead atoms. The van der Waals surface area contributed by atoms with E-state index in [0.717, 1.165) is 33.5 Å².